The maximum Gasteiger partial charge on any atom is 0.344 e. The maximum absolute atomic E-state index is 13.0. The molecular formula is C27H26N2O6S. The van der Waals surface area contributed by atoms with E-state index >= 15 is 0 Å². The highest BCUT2D eigenvalue weighted by molar-refractivity contribution is 7.92. The molecule has 0 aliphatic heterocycles. The molecule has 0 radical (unpaired) electrons. The van der Waals surface area contributed by atoms with Crippen molar-refractivity contribution in [3.8, 4) is 34.1 Å². The van der Waals surface area contributed by atoms with Crippen molar-refractivity contribution in [2.45, 2.75) is 25.2 Å². The lowest BCUT2D eigenvalue weighted by molar-refractivity contribution is 0.399. The number of methoxy groups -OCH3 is 2. The van der Waals surface area contributed by atoms with Gasteiger partial charge in [0, 0.05) is 23.0 Å². The Labute approximate surface area is 208 Å². The third-order valence-electron chi connectivity index (χ3n) is 6.55. The number of fused-ring (bicyclic) bond motifs is 1. The van der Waals surface area contributed by atoms with Crippen LogP contribution in [0.4, 0.5) is 5.69 Å². The molecule has 186 valence electrons. The van der Waals surface area contributed by atoms with Crippen LogP contribution in [0.3, 0.4) is 0 Å². The predicted octanol–water partition coefficient (Wildman–Crippen LogP) is 4.96. The summed E-state index contributed by atoms with van der Waals surface area (Å²) < 4.78 is 42.8. The first-order valence-corrected chi connectivity index (χ1v) is 13.3. The molecule has 1 N–H and O–H groups in total. The van der Waals surface area contributed by atoms with Gasteiger partial charge in [-0.15, -0.1) is 0 Å². The summed E-state index contributed by atoms with van der Waals surface area (Å²) in [7, 11) is -0.293. The molecule has 0 atom stereocenters. The Morgan fingerprint density at radius 1 is 1.03 bits per heavy atom. The number of nitrogens with one attached hydrogen (secondary N) is 1. The number of hydrogen-bond donors (Lipinski definition) is 1. The van der Waals surface area contributed by atoms with E-state index in [9.17, 15) is 13.2 Å². The molecule has 2 aromatic carbocycles. The second-order valence-corrected chi connectivity index (χ2v) is 11.0. The van der Waals surface area contributed by atoms with Gasteiger partial charge in [0.05, 0.1) is 31.4 Å². The van der Waals surface area contributed by atoms with Crippen molar-refractivity contribution in [2.24, 2.45) is 0 Å². The Hall–Kier alpha value is -3.85. The highest BCUT2D eigenvalue weighted by atomic mass is 32.2. The third-order valence-corrected chi connectivity index (χ3v) is 7.16. The van der Waals surface area contributed by atoms with Gasteiger partial charge in [0.25, 0.3) is 0 Å². The van der Waals surface area contributed by atoms with Gasteiger partial charge in [-0.1, -0.05) is 13.0 Å². The number of rotatable bonds is 7. The summed E-state index contributed by atoms with van der Waals surface area (Å²) in [6.07, 6.45) is 4.77. The van der Waals surface area contributed by atoms with Crippen molar-refractivity contribution in [3.63, 3.8) is 0 Å². The van der Waals surface area contributed by atoms with Gasteiger partial charge in [-0.2, -0.15) is 0 Å². The zero-order chi connectivity index (χ0) is 25.7. The Kier molecular flexibility index (Phi) is 5.75. The number of nitrogens with zero attached hydrogens (tertiary/aromatic N) is 1. The molecule has 8 nitrogen and oxygen atoms in total. The van der Waals surface area contributed by atoms with Gasteiger partial charge in [-0.3, -0.25) is 4.72 Å². The largest absolute Gasteiger partial charge is 0.496 e. The molecule has 36 heavy (non-hydrogen) atoms. The fourth-order valence-corrected chi connectivity index (χ4v) is 5.02. The lowest BCUT2D eigenvalue weighted by Gasteiger charge is -2.20. The average Bonchev–Trinajstić information content (AvgIpc) is 3.60. The second-order valence-electron chi connectivity index (χ2n) is 9.30. The van der Waals surface area contributed by atoms with E-state index in [4.69, 9.17) is 13.9 Å². The van der Waals surface area contributed by atoms with Crippen molar-refractivity contribution in [3.05, 3.63) is 70.7 Å². The van der Waals surface area contributed by atoms with Gasteiger partial charge >= 0.3 is 5.63 Å². The topological polar surface area (TPSA) is 108 Å². The number of sulfonamides is 1. The van der Waals surface area contributed by atoms with Gasteiger partial charge in [-0.25, -0.2) is 18.2 Å². The summed E-state index contributed by atoms with van der Waals surface area (Å²) in [6, 6.07) is 14.3. The zero-order valence-electron chi connectivity index (χ0n) is 20.4. The van der Waals surface area contributed by atoms with Crippen LogP contribution in [0.5, 0.6) is 11.6 Å². The maximum atomic E-state index is 13.0. The molecule has 1 aliphatic rings. The third kappa shape index (κ3) is 4.42. The molecule has 0 amide bonds. The van der Waals surface area contributed by atoms with Crippen LogP contribution in [0, 0.1) is 0 Å². The molecule has 0 bridgehead atoms. The standard InChI is InChI=1S/C27H26N2O6S/c1-27(9-10-27)22-13-17(19-6-5-11-28-25(19)34-3)12-21(24(22)33-2)23-14-16-7-8-18(29-36(4,31)32)15-20(16)26(30)35-23/h5-8,11-15,29H,9-10H2,1-4H3. The summed E-state index contributed by atoms with van der Waals surface area (Å²) in [5, 5.41) is 0.886. The summed E-state index contributed by atoms with van der Waals surface area (Å²) in [4.78, 5) is 17.4. The van der Waals surface area contributed by atoms with E-state index in [-0.39, 0.29) is 16.5 Å². The van der Waals surface area contributed by atoms with Crippen LogP contribution in [0.25, 0.3) is 33.2 Å². The Bertz CT molecular complexity index is 1660. The van der Waals surface area contributed by atoms with Crippen LogP contribution >= 0.6 is 0 Å². The summed E-state index contributed by atoms with van der Waals surface area (Å²) in [6.45, 7) is 2.19. The number of aromatic nitrogens is 1. The van der Waals surface area contributed by atoms with Gasteiger partial charge in [-0.05, 0) is 71.7 Å². The van der Waals surface area contributed by atoms with Gasteiger partial charge < -0.3 is 13.9 Å². The average molecular weight is 507 g/mol. The lowest BCUT2D eigenvalue weighted by atomic mass is 9.89. The van der Waals surface area contributed by atoms with E-state index in [1.54, 1.807) is 38.6 Å². The molecule has 0 unspecified atom stereocenters. The van der Waals surface area contributed by atoms with E-state index in [1.807, 2.05) is 18.2 Å². The first kappa shape index (κ1) is 23.9. The van der Waals surface area contributed by atoms with Crippen molar-refractivity contribution in [1.82, 2.24) is 4.98 Å². The van der Waals surface area contributed by atoms with Crippen molar-refractivity contribution < 1.29 is 22.3 Å². The Morgan fingerprint density at radius 2 is 1.81 bits per heavy atom. The van der Waals surface area contributed by atoms with E-state index < -0.39 is 15.6 Å². The monoisotopic (exact) mass is 506 g/mol. The first-order valence-electron chi connectivity index (χ1n) is 11.4. The molecule has 2 aromatic heterocycles. The molecule has 1 saturated carbocycles. The van der Waals surface area contributed by atoms with Crippen molar-refractivity contribution in [2.75, 3.05) is 25.2 Å². The van der Waals surface area contributed by atoms with Crippen LogP contribution < -0.4 is 19.8 Å². The van der Waals surface area contributed by atoms with Crippen LogP contribution in [0.2, 0.25) is 0 Å². The fraction of sp³-hybridized carbons (Fsp3) is 0.259. The van der Waals surface area contributed by atoms with E-state index in [1.165, 1.54) is 6.07 Å². The number of ether oxygens (including phenoxy) is 2. The molecule has 1 aliphatic carbocycles. The van der Waals surface area contributed by atoms with E-state index in [0.29, 0.717) is 28.3 Å². The summed E-state index contributed by atoms with van der Waals surface area (Å²) in [5.41, 5.74) is 3.01. The van der Waals surface area contributed by atoms with E-state index in [2.05, 4.69) is 22.7 Å². The van der Waals surface area contributed by atoms with Crippen LogP contribution in [0.15, 0.2) is 63.9 Å². The molecule has 9 heteroatoms. The molecule has 5 rings (SSSR count). The minimum absolute atomic E-state index is 0.0467. The molecule has 4 aromatic rings. The Morgan fingerprint density at radius 3 is 2.47 bits per heavy atom. The van der Waals surface area contributed by atoms with Crippen LogP contribution in [-0.2, 0) is 15.4 Å². The van der Waals surface area contributed by atoms with Crippen LogP contribution in [0.1, 0.15) is 25.3 Å². The highest BCUT2D eigenvalue weighted by Gasteiger charge is 2.42. The number of benzene rings is 2. The highest BCUT2D eigenvalue weighted by Crippen LogP contribution is 2.54. The fourth-order valence-electron chi connectivity index (χ4n) is 4.46. The number of pyridine rings is 1. The van der Waals surface area contributed by atoms with Crippen LogP contribution in [-0.4, -0.2) is 33.9 Å². The summed E-state index contributed by atoms with van der Waals surface area (Å²) >= 11 is 0. The number of hydrogen-bond acceptors (Lipinski definition) is 7. The minimum Gasteiger partial charge on any atom is -0.496 e. The second kappa shape index (κ2) is 8.67. The van der Waals surface area contributed by atoms with Gasteiger partial charge in [0.2, 0.25) is 15.9 Å². The molecule has 0 spiro atoms. The zero-order valence-corrected chi connectivity index (χ0v) is 21.2. The smallest absolute Gasteiger partial charge is 0.344 e. The lowest BCUT2D eigenvalue weighted by Crippen LogP contribution is -2.10. The van der Waals surface area contributed by atoms with Crippen molar-refractivity contribution >= 4 is 26.5 Å². The van der Waals surface area contributed by atoms with Gasteiger partial charge in [0.15, 0.2) is 0 Å². The van der Waals surface area contributed by atoms with E-state index in [0.717, 1.165) is 35.8 Å². The SMILES string of the molecule is COc1ncccc1-c1cc(-c2cc3ccc(NS(C)(=O)=O)cc3c(=O)o2)c(OC)c(C2(C)CC2)c1. The molecule has 2 heterocycles. The quantitative estimate of drug-likeness (QED) is 0.377. The molecule has 1 fully saturated rings. The predicted molar refractivity (Wildman–Crippen MR) is 139 cm³/mol. The van der Waals surface area contributed by atoms with Crippen molar-refractivity contribution in [1.29, 1.82) is 0 Å². The first-order chi connectivity index (χ1) is 17.1. The number of anilines is 1. The van der Waals surface area contributed by atoms with Gasteiger partial charge in [0.1, 0.15) is 11.5 Å². The minimum atomic E-state index is -3.48. The molecular weight excluding hydrogens is 480 g/mol. The molecule has 0 saturated heterocycles. The Balaban J connectivity index is 1.73. The summed E-state index contributed by atoms with van der Waals surface area (Å²) in [5.74, 6) is 1.49. The normalized spacial score (nSPS) is 14.4.